The lowest BCUT2D eigenvalue weighted by Crippen LogP contribution is -2.45. The number of likely N-dealkylation sites (N-methyl/N-ethyl adjacent to an activating group) is 1. The lowest BCUT2D eigenvalue weighted by molar-refractivity contribution is 0.0507. The van der Waals surface area contributed by atoms with Gasteiger partial charge in [-0.3, -0.25) is 14.5 Å². The first kappa shape index (κ1) is 17.9. The van der Waals surface area contributed by atoms with Crippen LogP contribution in [0, 0.1) is 0 Å². The van der Waals surface area contributed by atoms with Crippen LogP contribution in [0.5, 0.6) is 0 Å². The second kappa shape index (κ2) is 6.60. The number of carbonyl (C=O) groups excluding carboxylic acids is 3. The number of hydrogen-bond donors (Lipinski definition) is 2. The third-order valence-electron chi connectivity index (χ3n) is 3.66. The Morgan fingerprint density at radius 3 is 2.33 bits per heavy atom. The Morgan fingerprint density at radius 2 is 1.75 bits per heavy atom. The molecule has 2 rings (SSSR count). The number of imide groups is 1. The van der Waals surface area contributed by atoms with Crippen LogP contribution < -0.4 is 10.6 Å². The molecule has 7 nitrogen and oxygen atoms in total. The maximum absolute atomic E-state index is 12.5. The zero-order chi connectivity index (χ0) is 18.1. The van der Waals surface area contributed by atoms with Gasteiger partial charge in [0.25, 0.3) is 11.8 Å². The zero-order valence-electron chi connectivity index (χ0n) is 14.8. The third kappa shape index (κ3) is 3.73. The van der Waals surface area contributed by atoms with Crippen molar-refractivity contribution in [2.45, 2.75) is 26.3 Å². The monoisotopic (exact) mass is 332 g/mol. The van der Waals surface area contributed by atoms with Gasteiger partial charge in [0.2, 0.25) is 0 Å². The van der Waals surface area contributed by atoms with Crippen LogP contribution in [-0.4, -0.2) is 60.4 Å². The Bertz CT molecular complexity index is 677. The molecule has 4 amide bonds. The summed E-state index contributed by atoms with van der Waals surface area (Å²) < 4.78 is 0. The summed E-state index contributed by atoms with van der Waals surface area (Å²) >= 11 is 0. The van der Waals surface area contributed by atoms with Crippen molar-refractivity contribution < 1.29 is 14.4 Å². The molecule has 0 spiro atoms. The number of nitrogens with one attached hydrogen (secondary N) is 2. The van der Waals surface area contributed by atoms with E-state index in [0.29, 0.717) is 23.4 Å². The summed E-state index contributed by atoms with van der Waals surface area (Å²) in [6, 6.07) is 4.41. The van der Waals surface area contributed by atoms with Crippen LogP contribution >= 0.6 is 0 Å². The van der Waals surface area contributed by atoms with E-state index < -0.39 is 5.54 Å². The number of benzene rings is 1. The van der Waals surface area contributed by atoms with Crippen molar-refractivity contribution in [1.29, 1.82) is 0 Å². The zero-order valence-corrected chi connectivity index (χ0v) is 14.8. The molecule has 130 valence electrons. The van der Waals surface area contributed by atoms with Crippen molar-refractivity contribution in [2.75, 3.05) is 32.5 Å². The van der Waals surface area contributed by atoms with Gasteiger partial charge in [0.15, 0.2) is 0 Å². The molecule has 1 aliphatic rings. The quantitative estimate of drug-likeness (QED) is 0.823. The SMILES string of the molecule is CN(C)CCNC(=O)Nc1ccc2c(c1)C(=O)N(C(C)(C)C)C2=O. The number of amides is 4. The van der Waals surface area contributed by atoms with Crippen molar-refractivity contribution in [3.63, 3.8) is 0 Å². The molecule has 0 unspecified atom stereocenters. The summed E-state index contributed by atoms with van der Waals surface area (Å²) in [5, 5.41) is 5.41. The van der Waals surface area contributed by atoms with Gasteiger partial charge in [-0.25, -0.2) is 4.79 Å². The van der Waals surface area contributed by atoms with Crippen LogP contribution in [0.2, 0.25) is 0 Å². The van der Waals surface area contributed by atoms with Crippen LogP contribution in [0.15, 0.2) is 18.2 Å². The highest BCUT2D eigenvalue weighted by molar-refractivity contribution is 6.22. The minimum Gasteiger partial charge on any atom is -0.337 e. The predicted octanol–water partition coefficient (Wildman–Crippen LogP) is 1.76. The van der Waals surface area contributed by atoms with E-state index in [1.54, 1.807) is 18.2 Å². The molecule has 0 fully saturated rings. The summed E-state index contributed by atoms with van der Waals surface area (Å²) in [6.45, 7) is 6.67. The molecule has 1 aromatic rings. The molecule has 0 radical (unpaired) electrons. The summed E-state index contributed by atoms with van der Waals surface area (Å²) in [6.07, 6.45) is 0. The standard InChI is InChI=1S/C17H24N4O3/c1-17(2,3)21-14(22)12-7-6-11(10-13(12)15(21)23)19-16(24)18-8-9-20(4)5/h6-7,10H,8-9H2,1-5H3,(H2,18,19,24). The van der Waals surface area contributed by atoms with Gasteiger partial charge in [-0.2, -0.15) is 0 Å². The molecule has 0 saturated carbocycles. The first-order chi connectivity index (χ1) is 11.1. The number of carbonyl (C=O) groups is 3. The third-order valence-corrected chi connectivity index (χ3v) is 3.66. The fourth-order valence-electron chi connectivity index (χ4n) is 2.50. The van der Waals surface area contributed by atoms with Gasteiger partial charge in [-0.15, -0.1) is 0 Å². The smallest absolute Gasteiger partial charge is 0.319 e. The molecule has 0 atom stereocenters. The van der Waals surface area contributed by atoms with Gasteiger partial charge in [-0.05, 0) is 53.1 Å². The number of anilines is 1. The Balaban J connectivity index is 2.11. The van der Waals surface area contributed by atoms with Crippen LogP contribution in [0.1, 0.15) is 41.5 Å². The molecule has 0 saturated heterocycles. The highest BCUT2D eigenvalue weighted by Gasteiger charge is 2.41. The minimum atomic E-state index is -0.593. The van der Waals surface area contributed by atoms with Crippen molar-refractivity contribution in [3.05, 3.63) is 29.3 Å². The highest BCUT2D eigenvalue weighted by Crippen LogP contribution is 2.30. The topological polar surface area (TPSA) is 81.8 Å². The molecule has 0 aliphatic carbocycles. The molecule has 1 aromatic carbocycles. The average Bonchev–Trinajstić information content (AvgIpc) is 2.69. The van der Waals surface area contributed by atoms with E-state index in [9.17, 15) is 14.4 Å². The summed E-state index contributed by atoms with van der Waals surface area (Å²) in [4.78, 5) is 40.0. The van der Waals surface area contributed by atoms with Gasteiger partial charge in [0, 0.05) is 24.3 Å². The average molecular weight is 332 g/mol. The van der Waals surface area contributed by atoms with Crippen molar-refractivity contribution in [2.24, 2.45) is 0 Å². The second-order valence-electron chi connectivity index (χ2n) is 7.06. The maximum Gasteiger partial charge on any atom is 0.319 e. The Labute approximate surface area is 142 Å². The number of hydrogen-bond acceptors (Lipinski definition) is 4. The molecule has 0 aromatic heterocycles. The van der Waals surface area contributed by atoms with Gasteiger partial charge in [0.05, 0.1) is 11.1 Å². The van der Waals surface area contributed by atoms with Crippen molar-refractivity contribution in [1.82, 2.24) is 15.1 Å². The highest BCUT2D eigenvalue weighted by atomic mass is 16.2. The van der Waals surface area contributed by atoms with E-state index in [-0.39, 0.29) is 17.8 Å². The van der Waals surface area contributed by atoms with Gasteiger partial charge >= 0.3 is 6.03 Å². The molecular weight excluding hydrogens is 308 g/mol. The lowest BCUT2D eigenvalue weighted by Gasteiger charge is -2.29. The predicted molar refractivity (Wildman–Crippen MR) is 92.3 cm³/mol. The van der Waals surface area contributed by atoms with Crippen LogP contribution in [0.4, 0.5) is 10.5 Å². The summed E-state index contributed by atoms with van der Waals surface area (Å²) in [5.74, 6) is -0.636. The van der Waals surface area contributed by atoms with Crippen LogP contribution in [-0.2, 0) is 0 Å². The number of rotatable bonds is 4. The van der Waals surface area contributed by atoms with E-state index in [1.165, 1.54) is 4.90 Å². The van der Waals surface area contributed by atoms with E-state index in [0.717, 1.165) is 6.54 Å². The fraction of sp³-hybridized carbons (Fsp3) is 0.471. The molecule has 1 heterocycles. The molecule has 1 aliphatic heterocycles. The van der Waals surface area contributed by atoms with E-state index >= 15 is 0 Å². The Hall–Kier alpha value is -2.41. The number of urea groups is 1. The van der Waals surface area contributed by atoms with E-state index in [1.807, 2.05) is 39.8 Å². The van der Waals surface area contributed by atoms with Gasteiger partial charge in [0.1, 0.15) is 0 Å². The summed E-state index contributed by atoms with van der Waals surface area (Å²) in [7, 11) is 3.84. The fourth-order valence-corrected chi connectivity index (χ4v) is 2.50. The van der Waals surface area contributed by atoms with Gasteiger partial charge < -0.3 is 15.5 Å². The van der Waals surface area contributed by atoms with Crippen molar-refractivity contribution >= 4 is 23.5 Å². The minimum absolute atomic E-state index is 0.301. The normalized spacial score (nSPS) is 14.2. The second-order valence-corrected chi connectivity index (χ2v) is 7.06. The Kier molecular flexibility index (Phi) is 4.94. The van der Waals surface area contributed by atoms with Crippen LogP contribution in [0.3, 0.4) is 0 Å². The van der Waals surface area contributed by atoms with E-state index in [4.69, 9.17) is 0 Å². The van der Waals surface area contributed by atoms with Gasteiger partial charge in [-0.1, -0.05) is 0 Å². The molecule has 24 heavy (non-hydrogen) atoms. The Morgan fingerprint density at radius 1 is 1.12 bits per heavy atom. The lowest BCUT2D eigenvalue weighted by atomic mass is 10.1. The first-order valence-corrected chi connectivity index (χ1v) is 7.84. The maximum atomic E-state index is 12.5. The molecular formula is C17H24N4O3. The molecule has 2 N–H and O–H groups in total. The summed E-state index contributed by atoms with van der Waals surface area (Å²) in [5.41, 5.74) is 0.576. The number of nitrogens with zero attached hydrogens (tertiary/aromatic N) is 2. The first-order valence-electron chi connectivity index (χ1n) is 7.84. The molecule has 7 heteroatoms. The number of fused-ring (bicyclic) bond motifs is 1. The van der Waals surface area contributed by atoms with Crippen molar-refractivity contribution in [3.8, 4) is 0 Å². The van der Waals surface area contributed by atoms with Crippen LogP contribution in [0.25, 0.3) is 0 Å². The molecule has 0 bridgehead atoms. The van der Waals surface area contributed by atoms with E-state index in [2.05, 4.69) is 10.6 Å². The largest absolute Gasteiger partial charge is 0.337 e.